The first kappa shape index (κ1) is 14.4. The summed E-state index contributed by atoms with van der Waals surface area (Å²) < 4.78 is 11.3. The summed E-state index contributed by atoms with van der Waals surface area (Å²) in [5.74, 6) is 0.787. The third-order valence-corrected chi connectivity index (χ3v) is 3.91. The number of nitrogens with one attached hydrogen (secondary N) is 2. The van der Waals surface area contributed by atoms with Crippen LogP contribution in [0.2, 0.25) is 0 Å². The minimum Gasteiger partial charge on any atom is -0.491 e. The highest BCUT2D eigenvalue weighted by Crippen LogP contribution is 2.33. The van der Waals surface area contributed by atoms with E-state index in [9.17, 15) is 4.79 Å². The second kappa shape index (κ2) is 6.45. The fourth-order valence-corrected chi connectivity index (χ4v) is 2.79. The highest BCUT2D eigenvalue weighted by atomic mass is 16.5. The number of carbonyl (C=O) groups excluding carboxylic acids is 1. The highest BCUT2D eigenvalue weighted by Gasteiger charge is 2.30. The fourth-order valence-electron chi connectivity index (χ4n) is 2.79. The molecule has 0 radical (unpaired) electrons. The Labute approximate surface area is 125 Å². The molecule has 1 aromatic carbocycles. The molecule has 0 aromatic heterocycles. The van der Waals surface area contributed by atoms with Crippen molar-refractivity contribution in [2.24, 2.45) is 0 Å². The minimum absolute atomic E-state index is 0.00901. The number of hydrogen-bond acceptors (Lipinski definition) is 4. The van der Waals surface area contributed by atoms with E-state index in [0.717, 1.165) is 49.4 Å². The van der Waals surface area contributed by atoms with E-state index in [-0.39, 0.29) is 18.1 Å². The predicted octanol–water partition coefficient (Wildman–Crippen LogP) is 2.24. The van der Waals surface area contributed by atoms with Crippen LogP contribution in [-0.4, -0.2) is 31.8 Å². The largest absolute Gasteiger partial charge is 0.491 e. The third kappa shape index (κ3) is 3.19. The first-order valence-electron chi connectivity index (χ1n) is 7.70. The van der Waals surface area contributed by atoms with Gasteiger partial charge in [0.05, 0.1) is 6.10 Å². The molecule has 2 N–H and O–H groups in total. The Morgan fingerprint density at radius 3 is 3.14 bits per heavy atom. The maximum Gasteiger partial charge on any atom is 0.246 e. The molecule has 1 fully saturated rings. The van der Waals surface area contributed by atoms with Crippen molar-refractivity contribution in [3.63, 3.8) is 0 Å². The summed E-state index contributed by atoms with van der Waals surface area (Å²) >= 11 is 0. The Kier molecular flexibility index (Phi) is 4.41. The minimum atomic E-state index is -0.243. The van der Waals surface area contributed by atoms with Crippen LogP contribution in [0.1, 0.15) is 37.8 Å². The summed E-state index contributed by atoms with van der Waals surface area (Å²) in [6, 6.07) is 5.54. The van der Waals surface area contributed by atoms with Crippen LogP contribution in [0.5, 0.6) is 5.75 Å². The van der Waals surface area contributed by atoms with Crippen molar-refractivity contribution in [3.8, 4) is 5.75 Å². The molecule has 2 aliphatic rings. The molecule has 0 saturated carbocycles. The summed E-state index contributed by atoms with van der Waals surface area (Å²) in [5, 5.41) is 6.17. The van der Waals surface area contributed by atoms with Crippen LogP contribution in [0.15, 0.2) is 18.2 Å². The molecule has 0 aliphatic carbocycles. The number of benzene rings is 1. The zero-order valence-corrected chi connectivity index (χ0v) is 12.4. The summed E-state index contributed by atoms with van der Waals surface area (Å²) in [6.07, 6.45) is 3.37. The lowest BCUT2D eigenvalue weighted by molar-refractivity contribution is -0.117. The van der Waals surface area contributed by atoms with Gasteiger partial charge in [-0.25, -0.2) is 0 Å². The lowest BCUT2D eigenvalue weighted by atomic mass is 10.1. The number of amides is 1. The maximum atomic E-state index is 12.0. The van der Waals surface area contributed by atoms with Crippen LogP contribution in [0, 0.1) is 0 Å². The average molecular weight is 290 g/mol. The zero-order valence-electron chi connectivity index (χ0n) is 12.4. The van der Waals surface area contributed by atoms with Crippen LogP contribution < -0.4 is 15.4 Å². The van der Waals surface area contributed by atoms with Gasteiger partial charge in [-0.05, 0) is 31.9 Å². The fraction of sp³-hybridized carbons (Fsp3) is 0.562. The molecule has 2 aliphatic heterocycles. The molecule has 1 amide bonds. The van der Waals surface area contributed by atoms with Gasteiger partial charge in [-0.1, -0.05) is 13.0 Å². The molecule has 1 saturated heterocycles. The van der Waals surface area contributed by atoms with Crippen molar-refractivity contribution in [1.29, 1.82) is 0 Å². The summed E-state index contributed by atoms with van der Waals surface area (Å²) in [5.41, 5.74) is 1.84. The molecule has 114 valence electrons. The van der Waals surface area contributed by atoms with Gasteiger partial charge in [-0.15, -0.1) is 0 Å². The Morgan fingerprint density at radius 2 is 2.38 bits per heavy atom. The van der Waals surface area contributed by atoms with Gasteiger partial charge >= 0.3 is 0 Å². The van der Waals surface area contributed by atoms with Gasteiger partial charge in [-0.2, -0.15) is 0 Å². The number of fused-ring (bicyclic) bond motifs is 1. The average Bonchev–Trinajstić information content (AvgIpc) is 3.10. The SMILES string of the molecule is CCCNC1C(=O)Nc2cc(OCC3CCCO3)ccc21. The van der Waals surface area contributed by atoms with E-state index in [1.165, 1.54) is 0 Å². The normalized spacial score (nSPS) is 24.0. The van der Waals surface area contributed by atoms with Crippen LogP contribution in [0.4, 0.5) is 5.69 Å². The Morgan fingerprint density at radius 1 is 1.48 bits per heavy atom. The summed E-state index contributed by atoms with van der Waals surface area (Å²) in [4.78, 5) is 12.0. The molecule has 1 aromatic rings. The van der Waals surface area contributed by atoms with Crippen LogP contribution in [0.25, 0.3) is 0 Å². The van der Waals surface area contributed by atoms with E-state index in [0.29, 0.717) is 6.61 Å². The lowest BCUT2D eigenvalue weighted by Crippen LogP contribution is -2.27. The first-order valence-corrected chi connectivity index (χ1v) is 7.70. The lowest BCUT2D eigenvalue weighted by Gasteiger charge is -2.13. The van der Waals surface area contributed by atoms with Crippen molar-refractivity contribution < 1.29 is 14.3 Å². The Bertz CT molecular complexity index is 512. The van der Waals surface area contributed by atoms with Crippen molar-refractivity contribution in [2.45, 2.75) is 38.3 Å². The smallest absolute Gasteiger partial charge is 0.246 e. The molecule has 2 atom stereocenters. The molecule has 5 nitrogen and oxygen atoms in total. The van der Waals surface area contributed by atoms with Gasteiger partial charge in [0.2, 0.25) is 5.91 Å². The van der Waals surface area contributed by atoms with Crippen LogP contribution in [-0.2, 0) is 9.53 Å². The summed E-state index contributed by atoms with van der Waals surface area (Å²) in [6.45, 7) is 4.32. The van der Waals surface area contributed by atoms with Crippen molar-refractivity contribution >= 4 is 11.6 Å². The van der Waals surface area contributed by atoms with E-state index < -0.39 is 0 Å². The maximum absolute atomic E-state index is 12.0. The third-order valence-electron chi connectivity index (χ3n) is 3.91. The Hall–Kier alpha value is -1.59. The van der Waals surface area contributed by atoms with Gasteiger partial charge < -0.3 is 20.1 Å². The van der Waals surface area contributed by atoms with E-state index >= 15 is 0 Å². The second-order valence-electron chi connectivity index (χ2n) is 5.57. The number of anilines is 1. The topological polar surface area (TPSA) is 59.6 Å². The van der Waals surface area contributed by atoms with Crippen molar-refractivity contribution in [2.75, 3.05) is 25.1 Å². The van der Waals surface area contributed by atoms with E-state index in [4.69, 9.17) is 9.47 Å². The van der Waals surface area contributed by atoms with Gasteiger partial charge in [0.1, 0.15) is 18.4 Å². The zero-order chi connectivity index (χ0) is 14.7. The van der Waals surface area contributed by atoms with E-state index in [2.05, 4.69) is 17.6 Å². The summed E-state index contributed by atoms with van der Waals surface area (Å²) in [7, 11) is 0. The molecule has 21 heavy (non-hydrogen) atoms. The van der Waals surface area contributed by atoms with Gasteiger partial charge in [-0.3, -0.25) is 4.79 Å². The molecule has 5 heteroatoms. The molecule has 2 unspecified atom stereocenters. The van der Waals surface area contributed by atoms with Gasteiger partial charge in [0.25, 0.3) is 0 Å². The number of hydrogen-bond donors (Lipinski definition) is 2. The molecule has 0 bridgehead atoms. The predicted molar refractivity (Wildman–Crippen MR) is 80.6 cm³/mol. The molecular weight excluding hydrogens is 268 g/mol. The van der Waals surface area contributed by atoms with Crippen LogP contribution in [0.3, 0.4) is 0 Å². The number of ether oxygens (including phenoxy) is 2. The molecule has 0 spiro atoms. The standard InChI is InChI=1S/C16H22N2O3/c1-2-7-17-15-13-6-5-11(9-14(13)18-16(15)19)21-10-12-4-3-8-20-12/h5-6,9,12,15,17H,2-4,7-8,10H2,1H3,(H,18,19). The molecular formula is C16H22N2O3. The number of rotatable bonds is 6. The molecule has 2 heterocycles. The van der Waals surface area contributed by atoms with Crippen LogP contribution >= 0.6 is 0 Å². The van der Waals surface area contributed by atoms with Crippen molar-refractivity contribution in [1.82, 2.24) is 5.32 Å². The first-order chi connectivity index (χ1) is 10.3. The second-order valence-corrected chi connectivity index (χ2v) is 5.57. The van der Waals surface area contributed by atoms with Gasteiger partial charge in [0, 0.05) is 23.9 Å². The van der Waals surface area contributed by atoms with E-state index in [1.807, 2.05) is 18.2 Å². The Balaban J connectivity index is 1.64. The number of carbonyl (C=O) groups is 1. The van der Waals surface area contributed by atoms with Gasteiger partial charge in [0.15, 0.2) is 0 Å². The van der Waals surface area contributed by atoms with E-state index in [1.54, 1.807) is 0 Å². The quantitative estimate of drug-likeness (QED) is 0.843. The highest BCUT2D eigenvalue weighted by molar-refractivity contribution is 6.02. The molecule has 3 rings (SSSR count). The van der Waals surface area contributed by atoms with Crippen molar-refractivity contribution in [3.05, 3.63) is 23.8 Å². The monoisotopic (exact) mass is 290 g/mol.